The highest BCUT2D eigenvalue weighted by Gasteiger charge is 2.35. The fraction of sp³-hybridized carbons (Fsp3) is 0.467. The highest BCUT2D eigenvalue weighted by molar-refractivity contribution is 7.17. The van der Waals surface area contributed by atoms with E-state index in [1.165, 1.54) is 28.5 Å². The first-order valence-corrected chi connectivity index (χ1v) is 7.41. The monoisotopic (exact) mass is 261 g/mol. The average molecular weight is 261 g/mol. The molecule has 0 amide bonds. The summed E-state index contributed by atoms with van der Waals surface area (Å²) in [6, 6.07) is 8.65. The van der Waals surface area contributed by atoms with Gasteiger partial charge < -0.3 is 10.5 Å². The molecule has 1 aromatic heterocycles. The largest absolute Gasteiger partial charge is 0.380 e. The SMILES string of the molecule is COC(C(N)Cc1csc2ccccc12)C1CC1. The van der Waals surface area contributed by atoms with Gasteiger partial charge >= 0.3 is 0 Å². The van der Waals surface area contributed by atoms with Crippen molar-refractivity contribution in [3.8, 4) is 0 Å². The number of thiophene rings is 1. The van der Waals surface area contributed by atoms with Crippen molar-refractivity contribution in [2.45, 2.75) is 31.4 Å². The van der Waals surface area contributed by atoms with Gasteiger partial charge in [0.1, 0.15) is 0 Å². The molecule has 96 valence electrons. The van der Waals surface area contributed by atoms with E-state index in [-0.39, 0.29) is 12.1 Å². The second-order valence-corrected chi connectivity index (χ2v) is 6.07. The van der Waals surface area contributed by atoms with Gasteiger partial charge in [-0.15, -0.1) is 11.3 Å². The lowest BCUT2D eigenvalue weighted by atomic mass is 9.99. The van der Waals surface area contributed by atoms with Gasteiger partial charge in [-0.25, -0.2) is 0 Å². The van der Waals surface area contributed by atoms with E-state index in [1.807, 2.05) is 0 Å². The second kappa shape index (κ2) is 5.00. The molecule has 1 fully saturated rings. The van der Waals surface area contributed by atoms with E-state index in [2.05, 4.69) is 29.6 Å². The molecule has 1 aliphatic rings. The molecule has 1 heterocycles. The van der Waals surface area contributed by atoms with E-state index < -0.39 is 0 Å². The molecule has 2 atom stereocenters. The Labute approximate surface area is 112 Å². The first kappa shape index (κ1) is 12.2. The van der Waals surface area contributed by atoms with Crippen molar-refractivity contribution in [2.75, 3.05) is 7.11 Å². The maximum Gasteiger partial charge on any atom is 0.0753 e. The summed E-state index contributed by atoms with van der Waals surface area (Å²) >= 11 is 1.80. The molecule has 0 bridgehead atoms. The normalized spacial score (nSPS) is 19.0. The number of benzene rings is 1. The van der Waals surface area contributed by atoms with Crippen LogP contribution in [-0.4, -0.2) is 19.3 Å². The molecule has 1 aliphatic carbocycles. The average Bonchev–Trinajstić information content (AvgIpc) is 3.13. The molecule has 18 heavy (non-hydrogen) atoms. The minimum Gasteiger partial charge on any atom is -0.380 e. The van der Waals surface area contributed by atoms with Crippen molar-refractivity contribution >= 4 is 21.4 Å². The molecule has 2 nitrogen and oxygen atoms in total. The van der Waals surface area contributed by atoms with Crippen LogP contribution in [0.4, 0.5) is 0 Å². The maximum atomic E-state index is 6.33. The minimum absolute atomic E-state index is 0.112. The molecule has 0 aliphatic heterocycles. The predicted octanol–water partition coefficient (Wildman–Crippen LogP) is 3.20. The third-order valence-corrected chi connectivity index (χ3v) is 4.81. The molecular weight excluding hydrogens is 242 g/mol. The van der Waals surface area contributed by atoms with Crippen LogP contribution in [0, 0.1) is 5.92 Å². The van der Waals surface area contributed by atoms with Crippen molar-refractivity contribution in [1.29, 1.82) is 0 Å². The van der Waals surface area contributed by atoms with E-state index in [0.29, 0.717) is 5.92 Å². The van der Waals surface area contributed by atoms with E-state index in [1.54, 1.807) is 18.4 Å². The summed E-state index contributed by atoms with van der Waals surface area (Å²) in [5, 5.41) is 3.59. The summed E-state index contributed by atoms with van der Waals surface area (Å²) in [6.07, 6.45) is 3.69. The van der Waals surface area contributed by atoms with Crippen LogP contribution in [0.3, 0.4) is 0 Å². The Kier molecular flexibility index (Phi) is 3.37. The van der Waals surface area contributed by atoms with Crippen LogP contribution in [0.1, 0.15) is 18.4 Å². The summed E-state index contributed by atoms with van der Waals surface area (Å²) < 4.78 is 6.92. The van der Waals surface area contributed by atoms with E-state index >= 15 is 0 Å². The number of methoxy groups -OCH3 is 1. The Bertz CT molecular complexity index is 532. The molecule has 0 spiro atoms. The summed E-state index contributed by atoms with van der Waals surface area (Å²) in [5.74, 6) is 0.690. The van der Waals surface area contributed by atoms with Crippen molar-refractivity contribution in [3.05, 3.63) is 35.2 Å². The lowest BCUT2D eigenvalue weighted by Crippen LogP contribution is -2.39. The summed E-state index contributed by atoms with van der Waals surface area (Å²) in [5.41, 5.74) is 7.70. The topological polar surface area (TPSA) is 35.2 Å². The zero-order valence-electron chi connectivity index (χ0n) is 10.6. The van der Waals surface area contributed by atoms with Gasteiger partial charge in [-0.05, 0) is 47.6 Å². The van der Waals surface area contributed by atoms with Crippen molar-refractivity contribution in [3.63, 3.8) is 0 Å². The first-order chi connectivity index (χ1) is 8.79. The predicted molar refractivity (Wildman–Crippen MR) is 77.0 cm³/mol. The zero-order chi connectivity index (χ0) is 12.5. The summed E-state index contributed by atoms with van der Waals surface area (Å²) in [7, 11) is 1.79. The van der Waals surface area contributed by atoms with Crippen LogP contribution < -0.4 is 5.73 Å². The molecule has 0 saturated heterocycles. The van der Waals surface area contributed by atoms with Crippen LogP contribution >= 0.6 is 11.3 Å². The van der Waals surface area contributed by atoms with Crippen LogP contribution in [0.5, 0.6) is 0 Å². The van der Waals surface area contributed by atoms with Gasteiger partial charge in [-0.1, -0.05) is 18.2 Å². The molecule has 3 rings (SSSR count). The zero-order valence-corrected chi connectivity index (χ0v) is 11.5. The number of ether oxygens (including phenoxy) is 1. The highest BCUT2D eigenvalue weighted by atomic mass is 32.1. The van der Waals surface area contributed by atoms with E-state index in [4.69, 9.17) is 10.5 Å². The molecule has 2 N–H and O–H groups in total. The smallest absolute Gasteiger partial charge is 0.0753 e. The van der Waals surface area contributed by atoms with Crippen LogP contribution in [0.15, 0.2) is 29.6 Å². The maximum absolute atomic E-state index is 6.33. The number of hydrogen-bond donors (Lipinski definition) is 1. The number of hydrogen-bond acceptors (Lipinski definition) is 3. The van der Waals surface area contributed by atoms with Crippen molar-refractivity contribution in [1.82, 2.24) is 0 Å². The lowest BCUT2D eigenvalue weighted by molar-refractivity contribution is 0.0628. The summed E-state index contributed by atoms with van der Waals surface area (Å²) in [6.45, 7) is 0. The molecule has 0 radical (unpaired) electrons. The van der Waals surface area contributed by atoms with Crippen LogP contribution in [-0.2, 0) is 11.2 Å². The van der Waals surface area contributed by atoms with Gasteiger partial charge in [0, 0.05) is 17.9 Å². The third kappa shape index (κ3) is 2.30. The molecule has 2 unspecified atom stereocenters. The van der Waals surface area contributed by atoms with E-state index in [9.17, 15) is 0 Å². The number of rotatable bonds is 5. The Morgan fingerprint density at radius 1 is 1.39 bits per heavy atom. The highest BCUT2D eigenvalue weighted by Crippen LogP contribution is 2.36. The van der Waals surface area contributed by atoms with Gasteiger partial charge in [0.05, 0.1) is 6.10 Å². The Balaban J connectivity index is 1.79. The van der Waals surface area contributed by atoms with Gasteiger partial charge in [0.25, 0.3) is 0 Å². The van der Waals surface area contributed by atoms with Crippen LogP contribution in [0.25, 0.3) is 10.1 Å². The fourth-order valence-corrected chi connectivity index (χ4v) is 3.68. The van der Waals surface area contributed by atoms with Gasteiger partial charge in [0.15, 0.2) is 0 Å². The van der Waals surface area contributed by atoms with Crippen molar-refractivity contribution < 1.29 is 4.74 Å². The quantitative estimate of drug-likeness (QED) is 0.897. The Hall–Kier alpha value is -0.900. The number of fused-ring (bicyclic) bond motifs is 1. The standard InChI is InChI=1S/C15H19NOS/c1-17-15(10-6-7-10)13(16)8-11-9-18-14-5-3-2-4-12(11)14/h2-5,9-10,13,15H,6-8,16H2,1H3. The molecule has 1 aromatic carbocycles. The minimum atomic E-state index is 0.112. The molecule has 1 saturated carbocycles. The second-order valence-electron chi connectivity index (χ2n) is 5.16. The Morgan fingerprint density at radius 3 is 2.89 bits per heavy atom. The molecule has 3 heteroatoms. The van der Waals surface area contributed by atoms with E-state index in [0.717, 1.165) is 6.42 Å². The lowest BCUT2D eigenvalue weighted by Gasteiger charge is -2.22. The Morgan fingerprint density at radius 2 is 2.17 bits per heavy atom. The third-order valence-electron chi connectivity index (χ3n) is 3.80. The molecule has 2 aromatic rings. The van der Waals surface area contributed by atoms with Gasteiger partial charge in [-0.3, -0.25) is 0 Å². The van der Waals surface area contributed by atoms with Crippen molar-refractivity contribution in [2.24, 2.45) is 11.7 Å². The van der Waals surface area contributed by atoms with Gasteiger partial charge in [0.2, 0.25) is 0 Å². The van der Waals surface area contributed by atoms with Gasteiger partial charge in [-0.2, -0.15) is 0 Å². The van der Waals surface area contributed by atoms with Crippen LogP contribution in [0.2, 0.25) is 0 Å². The first-order valence-electron chi connectivity index (χ1n) is 6.53. The number of nitrogens with two attached hydrogens (primary N) is 1. The molecular formula is C15H19NOS. The fourth-order valence-electron chi connectivity index (χ4n) is 2.70. The summed E-state index contributed by atoms with van der Waals surface area (Å²) in [4.78, 5) is 0.